The number of hydrogen-bond donors (Lipinski definition) is 2. The van der Waals surface area contributed by atoms with Crippen molar-refractivity contribution in [1.82, 2.24) is 19.6 Å². The van der Waals surface area contributed by atoms with Gasteiger partial charge in [-0.2, -0.15) is 31.4 Å². The van der Waals surface area contributed by atoms with Gasteiger partial charge in [0.15, 0.2) is 11.3 Å². The van der Waals surface area contributed by atoms with Crippen LogP contribution >= 0.6 is 11.3 Å². The number of carbonyl (C=O) groups excluding carboxylic acids is 2. The van der Waals surface area contributed by atoms with Gasteiger partial charge in [-0.05, 0) is 43.0 Å². The number of nitrogens with one attached hydrogen (secondary N) is 1. The Labute approximate surface area is 236 Å². The first-order chi connectivity index (χ1) is 19.7. The van der Waals surface area contributed by atoms with Crippen LogP contribution in [0.15, 0.2) is 42.5 Å². The quantitative estimate of drug-likeness (QED) is 0.220. The minimum Gasteiger partial charge on any atom is -0.365 e. The Kier molecular flexibility index (Phi) is 6.25. The summed E-state index contributed by atoms with van der Waals surface area (Å²) in [4.78, 5) is 33.1. The zero-order valence-electron chi connectivity index (χ0n) is 21.4. The highest BCUT2D eigenvalue weighted by Crippen LogP contribution is 2.44. The van der Waals surface area contributed by atoms with E-state index in [1.807, 2.05) is 0 Å². The Hall–Kier alpha value is -4.53. The van der Waals surface area contributed by atoms with E-state index in [1.165, 1.54) is 0 Å². The van der Waals surface area contributed by atoms with Crippen molar-refractivity contribution < 1.29 is 35.9 Å². The molecule has 216 valence electrons. The van der Waals surface area contributed by atoms with Gasteiger partial charge in [0.05, 0.1) is 5.69 Å². The third-order valence-electron chi connectivity index (χ3n) is 6.74. The van der Waals surface area contributed by atoms with Crippen LogP contribution in [0.3, 0.4) is 0 Å². The molecule has 1 aliphatic rings. The number of amides is 2. The second-order valence-electron chi connectivity index (χ2n) is 9.86. The molecule has 1 fully saturated rings. The summed E-state index contributed by atoms with van der Waals surface area (Å²) in [6.45, 7) is 1.79. The predicted octanol–water partition coefficient (Wildman–Crippen LogP) is 6.58. The molecule has 8 nitrogen and oxygen atoms in total. The number of alkyl halides is 6. The summed E-state index contributed by atoms with van der Waals surface area (Å²) in [5.41, 5.74) is 3.69. The molecule has 0 unspecified atom stereocenters. The number of benzene rings is 1. The average molecular weight is 605 g/mol. The van der Waals surface area contributed by atoms with Gasteiger partial charge < -0.3 is 11.1 Å². The van der Waals surface area contributed by atoms with E-state index in [0.29, 0.717) is 34.3 Å². The van der Waals surface area contributed by atoms with Crippen molar-refractivity contribution in [3.63, 3.8) is 0 Å². The third kappa shape index (κ3) is 4.93. The molecule has 1 aliphatic carbocycles. The number of aromatic nitrogens is 4. The fourth-order valence-electron chi connectivity index (χ4n) is 4.57. The number of hydrogen-bond acceptors (Lipinski definition) is 6. The van der Waals surface area contributed by atoms with Crippen LogP contribution in [-0.2, 0) is 12.4 Å². The SMILES string of the molecule is Cc1ccc(-c2cc(C(F)(F)F)nc3sc(C(N)=O)c(NC(=O)c4cc5nc(C6CC6)cc(C(F)(F)F)n5n4)c23)cc1. The van der Waals surface area contributed by atoms with E-state index in [2.05, 4.69) is 20.4 Å². The average Bonchev–Trinajstić information content (AvgIpc) is 3.56. The van der Waals surface area contributed by atoms with Gasteiger partial charge in [0, 0.05) is 23.1 Å². The van der Waals surface area contributed by atoms with Gasteiger partial charge in [-0.1, -0.05) is 29.8 Å². The molecule has 4 heterocycles. The lowest BCUT2D eigenvalue weighted by Gasteiger charge is -2.12. The maximum absolute atomic E-state index is 13.8. The summed E-state index contributed by atoms with van der Waals surface area (Å²) in [6, 6.07) is 9.25. The first-order valence-electron chi connectivity index (χ1n) is 12.4. The highest BCUT2D eigenvalue weighted by atomic mass is 32.1. The maximum atomic E-state index is 13.8. The lowest BCUT2D eigenvalue weighted by Crippen LogP contribution is -2.18. The minimum absolute atomic E-state index is 0.00731. The van der Waals surface area contributed by atoms with Crippen molar-refractivity contribution in [2.45, 2.75) is 38.0 Å². The molecule has 5 aromatic rings. The lowest BCUT2D eigenvalue weighted by atomic mass is 10.00. The Bertz CT molecular complexity index is 1910. The van der Waals surface area contributed by atoms with Crippen LogP contribution in [0.5, 0.6) is 0 Å². The molecule has 4 aromatic heterocycles. The second kappa shape index (κ2) is 9.51. The zero-order valence-corrected chi connectivity index (χ0v) is 22.2. The number of primary amides is 1. The van der Waals surface area contributed by atoms with E-state index in [4.69, 9.17) is 5.73 Å². The summed E-state index contributed by atoms with van der Waals surface area (Å²) in [5, 5.41) is 6.27. The number of thiophene rings is 1. The molecule has 0 spiro atoms. The highest BCUT2D eigenvalue weighted by molar-refractivity contribution is 7.21. The number of fused-ring (bicyclic) bond motifs is 2. The third-order valence-corrected chi connectivity index (χ3v) is 7.84. The van der Waals surface area contributed by atoms with Crippen molar-refractivity contribution in [2.24, 2.45) is 5.73 Å². The van der Waals surface area contributed by atoms with Crippen LogP contribution in [0.25, 0.3) is 27.0 Å². The summed E-state index contributed by atoms with van der Waals surface area (Å²) in [5.74, 6) is -2.20. The zero-order chi connectivity index (χ0) is 30.1. The number of halogens is 6. The molecule has 0 atom stereocenters. The van der Waals surface area contributed by atoms with Gasteiger partial charge in [-0.25, -0.2) is 14.5 Å². The molecular weight excluding hydrogens is 586 g/mol. The van der Waals surface area contributed by atoms with Crippen LogP contribution in [0.2, 0.25) is 0 Å². The Morgan fingerprint density at radius 2 is 1.69 bits per heavy atom. The molecule has 6 rings (SSSR count). The number of pyridine rings is 1. The fraction of sp³-hybridized carbons (Fsp3) is 0.222. The molecule has 2 amide bonds. The molecule has 1 aromatic carbocycles. The largest absolute Gasteiger partial charge is 0.433 e. The fourth-order valence-corrected chi connectivity index (χ4v) is 5.58. The van der Waals surface area contributed by atoms with Gasteiger partial charge in [-0.3, -0.25) is 9.59 Å². The monoisotopic (exact) mass is 604 g/mol. The van der Waals surface area contributed by atoms with Gasteiger partial charge in [0.1, 0.15) is 21.1 Å². The van der Waals surface area contributed by atoms with Crippen molar-refractivity contribution in [3.05, 3.63) is 75.7 Å². The molecule has 1 saturated carbocycles. The Morgan fingerprint density at radius 3 is 2.29 bits per heavy atom. The first-order valence-corrected chi connectivity index (χ1v) is 13.2. The molecule has 42 heavy (non-hydrogen) atoms. The summed E-state index contributed by atoms with van der Waals surface area (Å²) >= 11 is 0.547. The van der Waals surface area contributed by atoms with Crippen LogP contribution in [0.4, 0.5) is 32.0 Å². The van der Waals surface area contributed by atoms with Gasteiger partial charge in [0.25, 0.3) is 11.8 Å². The predicted molar refractivity (Wildman–Crippen MR) is 141 cm³/mol. The standard InChI is InChI=1S/C27H18F6N6O2S/c1-11-2-4-12(5-3-11)14-8-17(26(28,29)30)36-25-20(14)21(22(42-25)23(34)40)37-24(41)16-10-19-35-15(13-6-7-13)9-18(27(31,32)33)39(19)38-16/h2-5,8-10,13H,6-7H2,1H3,(H2,34,40)(H,37,41). The number of nitrogens with two attached hydrogens (primary N) is 1. The van der Waals surface area contributed by atoms with Crippen molar-refractivity contribution in [1.29, 1.82) is 0 Å². The first kappa shape index (κ1) is 27.6. The summed E-state index contributed by atoms with van der Waals surface area (Å²) in [7, 11) is 0. The van der Waals surface area contributed by atoms with E-state index in [0.717, 1.165) is 23.8 Å². The molecule has 3 N–H and O–H groups in total. The van der Waals surface area contributed by atoms with Crippen LogP contribution in [-0.4, -0.2) is 31.4 Å². The van der Waals surface area contributed by atoms with Crippen LogP contribution in [0, 0.1) is 6.92 Å². The molecule has 0 aliphatic heterocycles. The van der Waals surface area contributed by atoms with E-state index in [1.54, 1.807) is 31.2 Å². The number of nitrogens with zero attached hydrogens (tertiary/aromatic N) is 4. The molecule has 0 bridgehead atoms. The van der Waals surface area contributed by atoms with Crippen molar-refractivity contribution in [2.75, 3.05) is 5.32 Å². The maximum Gasteiger partial charge on any atom is 0.433 e. The molecule has 0 saturated heterocycles. The van der Waals surface area contributed by atoms with Crippen molar-refractivity contribution in [3.8, 4) is 11.1 Å². The molecular formula is C27H18F6N6O2S. The highest BCUT2D eigenvalue weighted by Gasteiger charge is 2.38. The van der Waals surface area contributed by atoms with Gasteiger partial charge >= 0.3 is 12.4 Å². The van der Waals surface area contributed by atoms with E-state index < -0.39 is 41.2 Å². The Morgan fingerprint density at radius 1 is 1.00 bits per heavy atom. The number of rotatable bonds is 5. The summed E-state index contributed by atoms with van der Waals surface area (Å²) in [6.07, 6.45) is -8.24. The van der Waals surface area contributed by atoms with Crippen LogP contribution in [0.1, 0.15) is 61.6 Å². The Balaban J connectivity index is 1.51. The smallest absolute Gasteiger partial charge is 0.365 e. The topological polar surface area (TPSA) is 115 Å². The molecule has 15 heteroatoms. The van der Waals surface area contributed by atoms with Crippen LogP contribution < -0.4 is 11.1 Å². The normalized spacial score (nSPS) is 14.1. The number of anilines is 1. The number of aryl methyl sites for hydroxylation is 1. The summed E-state index contributed by atoms with van der Waals surface area (Å²) < 4.78 is 83.3. The van der Waals surface area contributed by atoms with Crippen molar-refractivity contribution >= 4 is 44.7 Å². The van der Waals surface area contributed by atoms with E-state index in [-0.39, 0.29) is 43.6 Å². The van der Waals surface area contributed by atoms with E-state index >= 15 is 0 Å². The van der Waals surface area contributed by atoms with Gasteiger partial charge in [-0.15, -0.1) is 11.3 Å². The lowest BCUT2D eigenvalue weighted by molar-refractivity contribution is -0.143. The van der Waals surface area contributed by atoms with E-state index in [9.17, 15) is 35.9 Å². The minimum atomic E-state index is -4.83. The second-order valence-corrected chi connectivity index (χ2v) is 10.9. The number of carbonyl (C=O) groups is 2. The van der Waals surface area contributed by atoms with Gasteiger partial charge in [0.2, 0.25) is 0 Å². The molecule has 0 radical (unpaired) electrons.